The van der Waals surface area contributed by atoms with Gasteiger partial charge in [-0.2, -0.15) is 0 Å². The molecule has 39 heavy (non-hydrogen) atoms. The number of halogens is 1. The second-order valence-corrected chi connectivity index (χ2v) is 11.8. The van der Waals surface area contributed by atoms with Crippen molar-refractivity contribution >= 4 is 39.1 Å². The molecule has 9 nitrogen and oxygen atoms in total. The molecule has 0 aliphatic carbocycles. The second-order valence-electron chi connectivity index (χ2n) is 9.48. The summed E-state index contributed by atoms with van der Waals surface area (Å²) in [6.45, 7) is 5.63. The normalized spacial score (nSPS) is 13.4. The highest BCUT2D eigenvalue weighted by Gasteiger charge is 2.29. The van der Waals surface area contributed by atoms with Gasteiger partial charge in [0, 0.05) is 37.1 Å². The van der Waals surface area contributed by atoms with Gasteiger partial charge in [0.05, 0.1) is 11.9 Å². The number of amides is 2. The van der Waals surface area contributed by atoms with Gasteiger partial charge in [-0.15, -0.1) is 0 Å². The van der Waals surface area contributed by atoms with Gasteiger partial charge >= 0.3 is 0 Å². The average molecular weight is 580 g/mol. The van der Waals surface area contributed by atoms with Crippen LogP contribution in [0.5, 0.6) is 11.5 Å². The molecule has 214 valence electrons. The molecule has 2 amide bonds. The number of unbranched alkanes of at least 4 members (excludes halogenated alkanes) is 1. The van der Waals surface area contributed by atoms with E-state index in [1.807, 2.05) is 26.0 Å². The minimum absolute atomic E-state index is 0.0723. The number of nitrogens with zero attached hydrogens (tertiary/aromatic N) is 2. The number of hydrogen-bond acceptors (Lipinski definition) is 6. The van der Waals surface area contributed by atoms with Gasteiger partial charge in [0.25, 0.3) is 0 Å². The summed E-state index contributed by atoms with van der Waals surface area (Å²) in [5.41, 5.74) is 1.29. The first-order valence-corrected chi connectivity index (χ1v) is 15.6. The number of sulfonamides is 1. The maximum atomic E-state index is 13.5. The molecule has 0 radical (unpaired) electrons. The molecule has 11 heteroatoms. The van der Waals surface area contributed by atoms with Crippen molar-refractivity contribution in [3.05, 3.63) is 53.1 Å². The van der Waals surface area contributed by atoms with Crippen molar-refractivity contribution in [3.63, 3.8) is 0 Å². The predicted octanol–water partition coefficient (Wildman–Crippen LogP) is 4.38. The van der Waals surface area contributed by atoms with E-state index >= 15 is 0 Å². The van der Waals surface area contributed by atoms with E-state index in [9.17, 15) is 18.0 Å². The molecule has 1 heterocycles. The Hall–Kier alpha value is -2.98. The SMILES string of the molecule is CCCCNC(=O)[C@@H](CC)N(Cc1ccc(Cl)cc1)C(=O)CCCN(c1ccc2c(c1)OCCO2)S(C)(=O)=O. The van der Waals surface area contributed by atoms with Gasteiger partial charge in [0.2, 0.25) is 21.8 Å². The molecule has 3 rings (SSSR count). The largest absolute Gasteiger partial charge is 0.486 e. The first kappa shape index (κ1) is 30.6. The maximum absolute atomic E-state index is 13.5. The third-order valence-electron chi connectivity index (χ3n) is 6.45. The molecule has 1 atom stereocenters. The van der Waals surface area contributed by atoms with Gasteiger partial charge < -0.3 is 19.7 Å². The van der Waals surface area contributed by atoms with E-state index in [1.54, 1.807) is 35.2 Å². The molecular formula is C28H38ClN3O6S. The molecule has 0 saturated carbocycles. The van der Waals surface area contributed by atoms with Crippen LogP contribution in [0.2, 0.25) is 5.02 Å². The Morgan fingerprint density at radius 3 is 2.36 bits per heavy atom. The number of rotatable bonds is 14. The molecule has 0 unspecified atom stereocenters. The molecule has 2 aromatic rings. The molecular weight excluding hydrogens is 542 g/mol. The van der Waals surface area contributed by atoms with E-state index in [-0.39, 0.29) is 37.7 Å². The van der Waals surface area contributed by atoms with Crippen molar-refractivity contribution in [2.24, 2.45) is 0 Å². The smallest absolute Gasteiger partial charge is 0.242 e. The molecule has 0 saturated heterocycles. The molecule has 0 bridgehead atoms. The van der Waals surface area contributed by atoms with E-state index in [0.717, 1.165) is 24.7 Å². The van der Waals surface area contributed by atoms with Crippen molar-refractivity contribution in [1.82, 2.24) is 10.2 Å². The van der Waals surface area contributed by atoms with Crippen LogP contribution >= 0.6 is 11.6 Å². The van der Waals surface area contributed by atoms with Crippen LogP contribution in [0.4, 0.5) is 5.69 Å². The van der Waals surface area contributed by atoms with Crippen molar-refractivity contribution in [3.8, 4) is 11.5 Å². The van der Waals surface area contributed by atoms with Crippen LogP contribution in [-0.2, 0) is 26.2 Å². The van der Waals surface area contributed by atoms with Crippen molar-refractivity contribution in [1.29, 1.82) is 0 Å². The molecule has 2 aromatic carbocycles. The second kappa shape index (κ2) is 14.4. The van der Waals surface area contributed by atoms with Crippen LogP contribution in [0, 0.1) is 0 Å². The van der Waals surface area contributed by atoms with Crippen LogP contribution < -0.4 is 19.1 Å². The van der Waals surface area contributed by atoms with Gasteiger partial charge in [-0.3, -0.25) is 13.9 Å². The monoisotopic (exact) mass is 579 g/mol. The summed E-state index contributed by atoms with van der Waals surface area (Å²) in [5, 5.41) is 3.53. The highest BCUT2D eigenvalue weighted by Crippen LogP contribution is 2.34. The number of nitrogens with one attached hydrogen (secondary N) is 1. The van der Waals surface area contributed by atoms with Crippen LogP contribution in [0.25, 0.3) is 0 Å². The summed E-state index contributed by atoms with van der Waals surface area (Å²) in [5.74, 6) is 0.632. The molecule has 0 fully saturated rings. The summed E-state index contributed by atoms with van der Waals surface area (Å²) in [6.07, 6.45) is 3.73. The number of anilines is 1. The number of carbonyl (C=O) groups excluding carboxylic acids is 2. The summed E-state index contributed by atoms with van der Waals surface area (Å²) >= 11 is 6.03. The zero-order valence-corrected chi connectivity index (χ0v) is 24.4. The number of benzene rings is 2. The standard InChI is InChI=1S/C28H38ClN3O6S/c1-4-6-15-30-28(34)24(5-2)31(20-21-9-11-22(29)12-10-21)27(33)8-7-16-32(39(3,35)36)23-13-14-25-26(19-23)38-18-17-37-25/h9-14,19,24H,4-8,15-18,20H2,1-3H3,(H,30,34)/t24-/m1/s1. The van der Waals surface area contributed by atoms with Crippen LogP contribution in [0.1, 0.15) is 51.5 Å². The number of hydrogen-bond donors (Lipinski definition) is 1. The Balaban J connectivity index is 1.74. The lowest BCUT2D eigenvalue weighted by Gasteiger charge is -2.31. The lowest BCUT2D eigenvalue weighted by atomic mass is 10.1. The molecule has 1 N–H and O–H groups in total. The molecule has 1 aliphatic rings. The van der Waals surface area contributed by atoms with Gasteiger partial charge in [-0.1, -0.05) is 44.0 Å². The van der Waals surface area contributed by atoms with Crippen molar-refractivity contribution in [2.45, 2.75) is 58.5 Å². The number of ether oxygens (including phenoxy) is 2. The van der Waals surface area contributed by atoms with Crippen LogP contribution in [0.15, 0.2) is 42.5 Å². The van der Waals surface area contributed by atoms with E-state index in [0.29, 0.717) is 48.4 Å². The quantitative estimate of drug-likeness (QED) is 0.333. The van der Waals surface area contributed by atoms with Crippen LogP contribution in [-0.4, -0.2) is 63.7 Å². The average Bonchev–Trinajstić information content (AvgIpc) is 2.91. The minimum Gasteiger partial charge on any atom is -0.486 e. The zero-order valence-electron chi connectivity index (χ0n) is 22.8. The van der Waals surface area contributed by atoms with Gasteiger partial charge in [-0.25, -0.2) is 8.42 Å². The Kier molecular flexibility index (Phi) is 11.3. The van der Waals surface area contributed by atoms with Crippen molar-refractivity contribution < 1.29 is 27.5 Å². The summed E-state index contributed by atoms with van der Waals surface area (Å²) < 4.78 is 37.7. The number of fused-ring (bicyclic) bond motifs is 1. The fraction of sp³-hybridized carbons (Fsp3) is 0.500. The Morgan fingerprint density at radius 2 is 1.72 bits per heavy atom. The summed E-state index contributed by atoms with van der Waals surface area (Å²) in [7, 11) is -3.63. The van der Waals surface area contributed by atoms with Gasteiger partial charge in [0.1, 0.15) is 19.3 Å². The lowest BCUT2D eigenvalue weighted by Crippen LogP contribution is -2.49. The predicted molar refractivity (Wildman–Crippen MR) is 153 cm³/mol. The maximum Gasteiger partial charge on any atom is 0.242 e. The van der Waals surface area contributed by atoms with E-state index < -0.39 is 16.1 Å². The highest BCUT2D eigenvalue weighted by molar-refractivity contribution is 7.92. The van der Waals surface area contributed by atoms with Crippen LogP contribution in [0.3, 0.4) is 0 Å². The third-order valence-corrected chi connectivity index (χ3v) is 7.89. The fourth-order valence-corrected chi connectivity index (χ4v) is 5.49. The van der Waals surface area contributed by atoms with Crippen molar-refractivity contribution in [2.75, 3.05) is 36.9 Å². The highest BCUT2D eigenvalue weighted by atomic mass is 35.5. The van der Waals surface area contributed by atoms with E-state index in [2.05, 4.69) is 5.32 Å². The Morgan fingerprint density at radius 1 is 1.03 bits per heavy atom. The first-order chi connectivity index (χ1) is 18.6. The topological polar surface area (TPSA) is 105 Å². The summed E-state index contributed by atoms with van der Waals surface area (Å²) in [6, 6.07) is 11.5. The lowest BCUT2D eigenvalue weighted by molar-refractivity contribution is -0.141. The zero-order chi connectivity index (χ0) is 28.4. The number of carbonyl (C=O) groups is 2. The first-order valence-electron chi connectivity index (χ1n) is 13.3. The van der Waals surface area contributed by atoms with E-state index in [1.165, 1.54) is 4.31 Å². The molecule has 1 aliphatic heterocycles. The minimum atomic E-state index is -3.63. The molecule has 0 aromatic heterocycles. The van der Waals surface area contributed by atoms with Gasteiger partial charge in [0.15, 0.2) is 11.5 Å². The third kappa shape index (κ3) is 8.76. The Labute approximate surface area is 236 Å². The van der Waals surface area contributed by atoms with E-state index in [4.69, 9.17) is 21.1 Å². The molecule has 0 spiro atoms. The Bertz CT molecular complexity index is 1220. The van der Waals surface area contributed by atoms with Gasteiger partial charge in [-0.05, 0) is 49.1 Å². The fourth-order valence-electron chi connectivity index (χ4n) is 4.40. The summed E-state index contributed by atoms with van der Waals surface area (Å²) in [4.78, 5) is 28.1.